The van der Waals surface area contributed by atoms with E-state index in [-0.39, 0.29) is 18.4 Å². The Morgan fingerprint density at radius 2 is 1.82 bits per heavy atom. The van der Waals surface area contributed by atoms with Crippen molar-refractivity contribution < 1.29 is 23.8 Å². The summed E-state index contributed by atoms with van der Waals surface area (Å²) in [5.74, 6) is 0.653. The number of carbonyl (C=O) groups is 2. The SMILES string of the molecule is CC(=O)OCCOCCOC1=CC=C(C(=O)C(C)(C)Br)CC1. The number of hydrogen-bond donors (Lipinski definition) is 0. The van der Waals surface area contributed by atoms with Gasteiger partial charge in [0.25, 0.3) is 0 Å². The molecule has 0 radical (unpaired) electrons. The third-order valence-corrected chi connectivity index (χ3v) is 3.35. The van der Waals surface area contributed by atoms with Gasteiger partial charge in [-0.3, -0.25) is 9.59 Å². The highest BCUT2D eigenvalue weighted by Gasteiger charge is 2.27. The van der Waals surface area contributed by atoms with Gasteiger partial charge >= 0.3 is 5.97 Å². The molecule has 0 saturated carbocycles. The second kappa shape index (κ2) is 9.10. The number of rotatable bonds is 9. The Labute approximate surface area is 139 Å². The number of Topliss-reactive ketones (excluding diaryl/α,β-unsaturated/α-hetero) is 1. The highest BCUT2D eigenvalue weighted by Crippen LogP contribution is 2.27. The maximum absolute atomic E-state index is 12.1. The fourth-order valence-electron chi connectivity index (χ4n) is 1.89. The predicted molar refractivity (Wildman–Crippen MR) is 86.8 cm³/mol. The van der Waals surface area contributed by atoms with Crippen LogP contribution in [0.3, 0.4) is 0 Å². The summed E-state index contributed by atoms with van der Waals surface area (Å²) in [6.07, 6.45) is 5.07. The van der Waals surface area contributed by atoms with Crippen molar-refractivity contribution in [2.24, 2.45) is 0 Å². The summed E-state index contributed by atoms with van der Waals surface area (Å²) in [5, 5.41) is 0. The van der Waals surface area contributed by atoms with E-state index in [0.29, 0.717) is 32.7 Å². The van der Waals surface area contributed by atoms with Crippen LogP contribution in [0.15, 0.2) is 23.5 Å². The van der Waals surface area contributed by atoms with Crippen LogP contribution < -0.4 is 0 Å². The van der Waals surface area contributed by atoms with Gasteiger partial charge in [0, 0.05) is 13.3 Å². The van der Waals surface area contributed by atoms with Gasteiger partial charge < -0.3 is 14.2 Å². The van der Waals surface area contributed by atoms with Crippen LogP contribution in [-0.4, -0.2) is 42.5 Å². The summed E-state index contributed by atoms with van der Waals surface area (Å²) in [6, 6.07) is 0. The first-order valence-electron chi connectivity index (χ1n) is 7.28. The van der Waals surface area contributed by atoms with Gasteiger partial charge in [0.05, 0.1) is 23.3 Å². The van der Waals surface area contributed by atoms with Gasteiger partial charge in [-0.05, 0) is 31.9 Å². The molecule has 0 atom stereocenters. The summed E-state index contributed by atoms with van der Waals surface area (Å²) in [7, 11) is 0. The molecule has 22 heavy (non-hydrogen) atoms. The molecule has 1 aliphatic rings. The van der Waals surface area contributed by atoms with Gasteiger partial charge in [0.2, 0.25) is 0 Å². The average molecular weight is 375 g/mol. The minimum atomic E-state index is -0.527. The lowest BCUT2D eigenvalue weighted by Gasteiger charge is -2.20. The number of carbonyl (C=O) groups excluding carboxylic acids is 2. The van der Waals surface area contributed by atoms with Gasteiger partial charge in [0.15, 0.2) is 5.78 Å². The highest BCUT2D eigenvalue weighted by atomic mass is 79.9. The van der Waals surface area contributed by atoms with Crippen molar-refractivity contribution in [2.45, 2.75) is 37.9 Å². The summed E-state index contributed by atoms with van der Waals surface area (Å²) >= 11 is 3.39. The van der Waals surface area contributed by atoms with Gasteiger partial charge in [-0.2, -0.15) is 0 Å². The molecule has 0 amide bonds. The third kappa shape index (κ3) is 7.22. The van der Waals surface area contributed by atoms with Crippen LogP contribution in [0.25, 0.3) is 0 Å². The van der Waals surface area contributed by atoms with Crippen LogP contribution in [0, 0.1) is 0 Å². The average Bonchev–Trinajstić information content (AvgIpc) is 2.45. The van der Waals surface area contributed by atoms with Crippen LogP contribution >= 0.6 is 15.9 Å². The van der Waals surface area contributed by atoms with E-state index in [2.05, 4.69) is 15.9 Å². The smallest absolute Gasteiger partial charge is 0.302 e. The zero-order valence-corrected chi connectivity index (χ0v) is 14.9. The lowest BCUT2D eigenvalue weighted by Crippen LogP contribution is -2.26. The Bertz CT molecular complexity index is 460. The van der Waals surface area contributed by atoms with Crippen molar-refractivity contribution in [3.63, 3.8) is 0 Å². The molecule has 0 fully saturated rings. The van der Waals surface area contributed by atoms with Crippen LogP contribution in [0.1, 0.15) is 33.6 Å². The van der Waals surface area contributed by atoms with Gasteiger partial charge in [0.1, 0.15) is 13.2 Å². The van der Waals surface area contributed by atoms with E-state index in [4.69, 9.17) is 14.2 Å². The van der Waals surface area contributed by atoms with Gasteiger partial charge in [-0.15, -0.1) is 0 Å². The van der Waals surface area contributed by atoms with E-state index < -0.39 is 4.32 Å². The number of esters is 1. The van der Waals surface area contributed by atoms with Crippen LogP contribution in [-0.2, 0) is 23.8 Å². The molecule has 1 aliphatic carbocycles. The fourth-order valence-corrected chi connectivity index (χ4v) is 2.14. The highest BCUT2D eigenvalue weighted by molar-refractivity contribution is 9.10. The van der Waals surface area contributed by atoms with E-state index in [9.17, 15) is 9.59 Å². The van der Waals surface area contributed by atoms with E-state index in [0.717, 1.165) is 11.3 Å². The lowest BCUT2D eigenvalue weighted by molar-refractivity contribution is -0.142. The lowest BCUT2D eigenvalue weighted by atomic mass is 9.94. The molecule has 124 valence electrons. The molecule has 5 nitrogen and oxygen atoms in total. The molecule has 0 bridgehead atoms. The summed E-state index contributed by atoms with van der Waals surface area (Å²) in [5.41, 5.74) is 0.812. The monoisotopic (exact) mass is 374 g/mol. The quantitative estimate of drug-likeness (QED) is 0.352. The van der Waals surface area contributed by atoms with Gasteiger partial charge in [-0.25, -0.2) is 0 Å². The summed E-state index contributed by atoms with van der Waals surface area (Å²) in [4.78, 5) is 22.6. The van der Waals surface area contributed by atoms with Crippen molar-refractivity contribution >= 4 is 27.7 Å². The Hall–Kier alpha value is -1.14. The number of ether oxygens (including phenoxy) is 3. The molecular formula is C16H23BrO5. The molecule has 0 N–H and O–H groups in total. The van der Waals surface area contributed by atoms with E-state index in [1.54, 1.807) is 0 Å². The van der Waals surface area contributed by atoms with Gasteiger partial charge in [-0.1, -0.05) is 22.0 Å². The molecule has 0 spiro atoms. The van der Waals surface area contributed by atoms with E-state index in [1.165, 1.54) is 6.92 Å². The van der Waals surface area contributed by atoms with Crippen molar-refractivity contribution in [2.75, 3.05) is 26.4 Å². The summed E-state index contributed by atoms with van der Waals surface area (Å²) < 4.78 is 15.1. The Kier molecular flexibility index (Phi) is 7.82. The van der Waals surface area contributed by atoms with Crippen LogP contribution in [0.4, 0.5) is 0 Å². The molecule has 0 aromatic heterocycles. The maximum Gasteiger partial charge on any atom is 0.302 e. The van der Waals surface area contributed by atoms with Crippen molar-refractivity contribution in [3.8, 4) is 0 Å². The molecular weight excluding hydrogens is 352 g/mol. The van der Waals surface area contributed by atoms with E-state index in [1.807, 2.05) is 26.0 Å². The molecule has 0 saturated heterocycles. The van der Waals surface area contributed by atoms with Crippen molar-refractivity contribution in [1.82, 2.24) is 0 Å². The number of halogens is 1. The number of allylic oxidation sites excluding steroid dienone is 4. The first-order chi connectivity index (χ1) is 10.3. The molecule has 0 unspecified atom stereocenters. The third-order valence-electron chi connectivity index (χ3n) is 2.99. The van der Waals surface area contributed by atoms with Crippen molar-refractivity contribution in [1.29, 1.82) is 0 Å². The topological polar surface area (TPSA) is 61.8 Å². The maximum atomic E-state index is 12.1. The second-order valence-corrected chi connectivity index (χ2v) is 7.41. The van der Waals surface area contributed by atoms with Crippen LogP contribution in [0.5, 0.6) is 0 Å². The predicted octanol–water partition coefficient (Wildman–Crippen LogP) is 2.93. The largest absolute Gasteiger partial charge is 0.496 e. The minimum Gasteiger partial charge on any atom is -0.496 e. The normalized spacial score (nSPS) is 14.9. The number of alkyl halides is 1. The molecule has 6 heteroatoms. The summed E-state index contributed by atoms with van der Waals surface area (Å²) in [6.45, 7) is 6.55. The fraction of sp³-hybridized carbons (Fsp3) is 0.625. The van der Waals surface area contributed by atoms with Crippen LogP contribution in [0.2, 0.25) is 0 Å². The zero-order valence-electron chi connectivity index (χ0n) is 13.3. The molecule has 0 aromatic rings. The molecule has 0 heterocycles. The molecule has 1 rings (SSSR count). The molecule has 0 aliphatic heterocycles. The minimum absolute atomic E-state index is 0.108. The number of hydrogen-bond acceptors (Lipinski definition) is 5. The Balaban J connectivity index is 2.23. The first kappa shape index (κ1) is 18.9. The zero-order chi connectivity index (χ0) is 16.6. The van der Waals surface area contributed by atoms with Crippen molar-refractivity contribution in [3.05, 3.63) is 23.5 Å². The molecule has 0 aromatic carbocycles. The van der Waals surface area contributed by atoms with E-state index >= 15 is 0 Å². The Morgan fingerprint density at radius 3 is 2.36 bits per heavy atom. The number of ketones is 1. The first-order valence-corrected chi connectivity index (χ1v) is 8.07. The second-order valence-electron chi connectivity index (χ2n) is 5.43. The standard InChI is InChI=1S/C16H23BrO5/c1-12(18)21-10-8-20-9-11-22-14-6-4-13(5-7-14)15(19)16(2,3)17/h4,6H,5,7-11H2,1-3H3. The Morgan fingerprint density at radius 1 is 1.14 bits per heavy atom.